The van der Waals surface area contributed by atoms with E-state index in [1.165, 1.54) is 12.5 Å². The first-order valence-electron chi connectivity index (χ1n) is 8.40. The van der Waals surface area contributed by atoms with Gasteiger partial charge in [0.15, 0.2) is 0 Å². The summed E-state index contributed by atoms with van der Waals surface area (Å²) in [6.45, 7) is 3.35. The summed E-state index contributed by atoms with van der Waals surface area (Å²) in [7, 11) is -3.89. The summed E-state index contributed by atoms with van der Waals surface area (Å²) < 4.78 is 39.7. The fraction of sp³-hybridized carbons (Fsp3) is 0.316. The van der Waals surface area contributed by atoms with Gasteiger partial charge >= 0.3 is 0 Å². The molecule has 0 heterocycles. The van der Waals surface area contributed by atoms with Gasteiger partial charge in [-0.05, 0) is 56.5 Å². The Labute approximate surface area is 153 Å². The topological polar surface area (TPSA) is 75.3 Å². The molecule has 1 amide bonds. The summed E-state index contributed by atoms with van der Waals surface area (Å²) in [5.41, 5.74) is 1.18. The van der Waals surface area contributed by atoms with Gasteiger partial charge in [0, 0.05) is 6.04 Å². The predicted octanol–water partition coefficient (Wildman–Crippen LogP) is 2.63. The molecule has 5 nitrogen and oxygen atoms in total. The number of nitrogens with one attached hydrogen (secondary N) is 2. The second-order valence-electron chi connectivity index (χ2n) is 6.23. The van der Waals surface area contributed by atoms with Crippen molar-refractivity contribution in [1.29, 1.82) is 0 Å². The molecule has 0 spiro atoms. The molecule has 0 saturated carbocycles. The van der Waals surface area contributed by atoms with E-state index >= 15 is 0 Å². The fourth-order valence-corrected chi connectivity index (χ4v) is 3.64. The fourth-order valence-electron chi connectivity index (χ4n) is 2.44. The lowest BCUT2D eigenvalue weighted by atomic mass is 10.1. The van der Waals surface area contributed by atoms with Crippen LogP contribution in [0.25, 0.3) is 0 Å². The van der Waals surface area contributed by atoms with E-state index < -0.39 is 27.8 Å². The molecule has 0 fully saturated rings. The number of hydrogen-bond acceptors (Lipinski definition) is 3. The van der Waals surface area contributed by atoms with Crippen LogP contribution in [0.1, 0.15) is 25.8 Å². The molecule has 0 radical (unpaired) electrons. The summed E-state index contributed by atoms with van der Waals surface area (Å²) in [5.74, 6) is -0.932. The van der Waals surface area contributed by atoms with Gasteiger partial charge < -0.3 is 5.32 Å². The third-order valence-electron chi connectivity index (χ3n) is 3.95. The summed E-state index contributed by atoms with van der Waals surface area (Å²) in [4.78, 5) is 12.1. The van der Waals surface area contributed by atoms with Crippen LogP contribution in [0.4, 0.5) is 4.39 Å². The quantitative estimate of drug-likeness (QED) is 0.741. The predicted molar refractivity (Wildman–Crippen MR) is 98.6 cm³/mol. The van der Waals surface area contributed by atoms with Crippen LogP contribution >= 0.6 is 0 Å². The first kappa shape index (κ1) is 20.1. The molecular weight excluding hydrogens is 355 g/mol. The molecule has 0 aliphatic heterocycles. The maximum Gasteiger partial charge on any atom is 0.241 e. The molecule has 7 heteroatoms. The van der Waals surface area contributed by atoms with Crippen molar-refractivity contribution in [2.45, 2.75) is 43.7 Å². The van der Waals surface area contributed by atoms with Crippen LogP contribution < -0.4 is 10.0 Å². The maximum absolute atomic E-state index is 12.9. The number of aryl methyl sites for hydroxylation is 1. The van der Waals surface area contributed by atoms with Gasteiger partial charge in [0.05, 0.1) is 10.9 Å². The molecule has 26 heavy (non-hydrogen) atoms. The van der Waals surface area contributed by atoms with Gasteiger partial charge in [0.2, 0.25) is 15.9 Å². The number of halogens is 1. The molecular formula is C19H23FN2O3S. The van der Waals surface area contributed by atoms with Gasteiger partial charge in [-0.1, -0.05) is 30.3 Å². The van der Waals surface area contributed by atoms with Gasteiger partial charge in [-0.15, -0.1) is 0 Å². The standard InChI is InChI=1S/C19H23FN2O3S/c1-14(8-9-16-6-4-3-5-7-16)21-19(23)15(2)22-26(24,25)18-12-10-17(20)11-13-18/h3-7,10-15,22H,8-9H2,1-2H3,(H,21,23)/t14-,15+/m0/s1. The van der Waals surface area contributed by atoms with Crippen molar-refractivity contribution in [3.63, 3.8) is 0 Å². The minimum absolute atomic E-state index is 0.0873. The highest BCUT2D eigenvalue weighted by Gasteiger charge is 2.22. The average Bonchev–Trinajstić information content (AvgIpc) is 2.61. The Kier molecular flexibility index (Phi) is 6.88. The van der Waals surface area contributed by atoms with Crippen molar-refractivity contribution in [2.24, 2.45) is 0 Å². The highest BCUT2D eigenvalue weighted by Crippen LogP contribution is 2.10. The van der Waals surface area contributed by atoms with Crippen LogP contribution in [0, 0.1) is 5.82 Å². The van der Waals surface area contributed by atoms with Crippen molar-refractivity contribution < 1.29 is 17.6 Å². The molecule has 2 N–H and O–H groups in total. The zero-order valence-electron chi connectivity index (χ0n) is 14.8. The van der Waals surface area contributed by atoms with Crippen molar-refractivity contribution >= 4 is 15.9 Å². The van der Waals surface area contributed by atoms with E-state index in [1.807, 2.05) is 37.3 Å². The number of carbonyl (C=O) groups excluding carboxylic acids is 1. The van der Waals surface area contributed by atoms with Crippen LogP contribution in [0.3, 0.4) is 0 Å². The van der Waals surface area contributed by atoms with E-state index in [0.717, 1.165) is 37.1 Å². The Morgan fingerprint density at radius 1 is 1.04 bits per heavy atom. The summed E-state index contributed by atoms with van der Waals surface area (Å²) in [6, 6.07) is 13.3. The smallest absolute Gasteiger partial charge is 0.241 e. The monoisotopic (exact) mass is 378 g/mol. The lowest BCUT2D eigenvalue weighted by molar-refractivity contribution is -0.123. The lowest BCUT2D eigenvalue weighted by Gasteiger charge is -2.18. The second-order valence-corrected chi connectivity index (χ2v) is 7.94. The minimum Gasteiger partial charge on any atom is -0.352 e. The molecule has 2 atom stereocenters. The van der Waals surface area contributed by atoms with Gasteiger partial charge in [-0.25, -0.2) is 12.8 Å². The average molecular weight is 378 g/mol. The third-order valence-corrected chi connectivity index (χ3v) is 5.50. The molecule has 0 saturated heterocycles. The largest absolute Gasteiger partial charge is 0.352 e. The Hall–Kier alpha value is -2.25. The van der Waals surface area contributed by atoms with Crippen molar-refractivity contribution in [2.75, 3.05) is 0 Å². The molecule has 0 unspecified atom stereocenters. The van der Waals surface area contributed by atoms with Crippen LogP contribution in [0.5, 0.6) is 0 Å². The Morgan fingerprint density at radius 2 is 1.65 bits per heavy atom. The van der Waals surface area contributed by atoms with Gasteiger partial charge in [0.1, 0.15) is 5.82 Å². The second kappa shape index (κ2) is 8.91. The zero-order valence-corrected chi connectivity index (χ0v) is 15.6. The third kappa shape index (κ3) is 5.93. The number of amides is 1. The van der Waals surface area contributed by atoms with Crippen molar-refractivity contribution in [3.8, 4) is 0 Å². The van der Waals surface area contributed by atoms with Crippen LogP contribution in [-0.4, -0.2) is 26.4 Å². The Morgan fingerprint density at radius 3 is 2.27 bits per heavy atom. The summed E-state index contributed by atoms with van der Waals surface area (Å²) >= 11 is 0. The molecule has 0 aliphatic carbocycles. The zero-order chi connectivity index (χ0) is 19.2. The van der Waals surface area contributed by atoms with E-state index in [1.54, 1.807) is 0 Å². The van der Waals surface area contributed by atoms with Gasteiger partial charge in [0.25, 0.3) is 0 Å². The molecule has 140 valence electrons. The number of hydrogen-bond donors (Lipinski definition) is 2. The number of rotatable bonds is 8. The maximum atomic E-state index is 12.9. The number of carbonyl (C=O) groups is 1. The number of sulfonamides is 1. The van der Waals surface area contributed by atoms with Gasteiger partial charge in [-0.2, -0.15) is 4.72 Å². The molecule has 2 rings (SSSR count). The first-order valence-corrected chi connectivity index (χ1v) is 9.88. The minimum atomic E-state index is -3.89. The molecule has 2 aromatic carbocycles. The Bertz CT molecular complexity index is 824. The first-order chi connectivity index (χ1) is 12.3. The summed E-state index contributed by atoms with van der Waals surface area (Å²) in [6.07, 6.45) is 1.56. The van der Waals surface area contributed by atoms with Gasteiger partial charge in [-0.3, -0.25) is 4.79 Å². The van der Waals surface area contributed by atoms with E-state index in [9.17, 15) is 17.6 Å². The Balaban J connectivity index is 1.87. The lowest BCUT2D eigenvalue weighted by Crippen LogP contribution is -2.47. The normalized spacial score (nSPS) is 13.8. The number of benzene rings is 2. The molecule has 2 aromatic rings. The van der Waals surface area contributed by atoms with Crippen LogP contribution in [-0.2, 0) is 21.2 Å². The van der Waals surface area contributed by atoms with E-state index in [2.05, 4.69) is 10.0 Å². The SMILES string of the molecule is C[C@@H](CCc1ccccc1)NC(=O)[C@@H](C)NS(=O)(=O)c1ccc(F)cc1. The van der Waals surface area contributed by atoms with E-state index in [0.29, 0.717) is 0 Å². The van der Waals surface area contributed by atoms with Crippen molar-refractivity contribution in [1.82, 2.24) is 10.0 Å². The molecule has 0 aromatic heterocycles. The van der Waals surface area contributed by atoms with E-state index in [-0.39, 0.29) is 10.9 Å². The van der Waals surface area contributed by atoms with E-state index in [4.69, 9.17) is 0 Å². The highest BCUT2D eigenvalue weighted by atomic mass is 32.2. The molecule has 0 bridgehead atoms. The van der Waals surface area contributed by atoms with Crippen molar-refractivity contribution in [3.05, 3.63) is 66.0 Å². The molecule has 0 aliphatic rings. The highest BCUT2D eigenvalue weighted by molar-refractivity contribution is 7.89. The summed E-state index contributed by atoms with van der Waals surface area (Å²) in [5, 5.41) is 2.81. The van der Waals surface area contributed by atoms with Crippen LogP contribution in [0.2, 0.25) is 0 Å². The van der Waals surface area contributed by atoms with Crippen LogP contribution in [0.15, 0.2) is 59.5 Å².